The van der Waals surface area contributed by atoms with Crippen LogP contribution in [0.2, 0.25) is 0 Å². The van der Waals surface area contributed by atoms with Crippen LogP contribution in [0.3, 0.4) is 0 Å². The molecule has 0 saturated carbocycles. The van der Waals surface area contributed by atoms with Crippen LogP contribution in [0.15, 0.2) is 41.1 Å². The Morgan fingerprint density at radius 2 is 2.05 bits per heavy atom. The number of para-hydroxylation sites is 1. The van der Waals surface area contributed by atoms with Crippen molar-refractivity contribution in [3.05, 3.63) is 46.7 Å². The summed E-state index contributed by atoms with van der Waals surface area (Å²) < 4.78 is 5.34. The van der Waals surface area contributed by atoms with Crippen LogP contribution in [0.4, 0.5) is 0 Å². The Balaban J connectivity index is 1.97. The average molecular weight is 317 g/mol. The first-order valence-corrected chi connectivity index (χ1v) is 7.86. The molecule has 0 fully saturated rings. The molecule has 21 heavy (non-hydrogen) atoms. The van der Waals surface area contributed by atoms with Crippen molar-refractivity contribution in [1.82, 2.24) is 4.98 Å². The molecule has 0 atom stereocenters. The SMILES string of the molecule is COc1ccccc1-c1nc(-c2cc(C(=O)O)cs2)cs1. The number of benzene rings is 1. The quantitative estimate of drug-likeness (QED) is 0.781. The van der Waals surface area contributed by atoms with Gasteiger partial charge in [-0.3, -0.25) is 0 Å². The normalized spacial score (nSPS) is 10.5. The van der Waals surface area contributed by atoms with Gasteiger partial charge in [-0.2, -0.15) is 0 Å². The van der Waals surface area contributed by atoms with Gasteiger partial charge in [-0.05, 0) is 18.2 Å². The molecule has 2 aromatic heterocycles. The van der Waals surface area contributed by atoms with Gasteiger partial charge in [0.05, 0.1) is 28.8 Å². The minimum atomic E-state index is -0.919. The zero-order chi connectivity index (χ0) is 14.8. The molecule has 4 nitrogen and oxygen atoms in total. The highest BCUT2D eigenvalue weighted by molar-refractivity contribution is 7.15. The number of thiazole rings is 1. The molecule has 2 heterocycles. The summed E-state index contributed by atoms with van der Waals surface area (Å²) in [6.45, 7) is 0. The second-order valence-electron chi connectivity index (χ2n) is 4.24. The Morgan fingerprint density at radius 3 is 2.76 bits per heavy atom. The van der Waals surface area contributed by atoms with Gasteiger partial charge in [-0.15, -0.1) is 22.7 Å². The van der Waals surface area contributed by atoms with E-state index in [1.165, 1.54) is 22.7 Å². The second kappa shape index (κ2) is 5.67. The fourth-order valence-corrected chi connectivity index (χ4v) is 3.68. The van der Waals surface area contributed by atoms with E-state index in [2.05, 4.69) is 4.98 Å². The van der Waals surface area contributed by atoms with Gasteiger partial charge in [-0.25, -0.2) is 9.78 Å². The third-order valence-electron chi connectivity index (χ3n) is 2.94. The lowest BCUT2D eigenvalue weighted by Crippen LogP contribution is -1.91. The number of aromatic carboxylic acids is 1. The lowest BCUT2D eigenvalue weighted by molar-refractivity contribution is 0.0697. The lowest BCUT2D eigenvalue weighted by atomic mass is 10.2. The highest BCUT2D eigenvalue weighted by Crippen LogP contribution is 2.36. The van der Waals surface area contributed by atoms with Gasteiger partial charge in [0.15, 0.2) is 0 Å². The van der Waals surface area contributed by atoms with Crippen molar-refractivity contribution in [2.75, 3.05) is 7.11 Å². The number of rotatable bonds is 4. The van der Waals surface area contributed by atoms with Crippen molar-refractivity contribution in [3.8, 4) is 26.9 Å². The number of carbonyl (C=O) groups is 1. The van der Waals surface area contributed by atoms with E-state index < -0.39 is 5.97 Å². The molecule has 0 amide bonds. The minimum Gasteiger partial charge on any atom is -0.496 e. The van der Waals surface area contributed by atoms with E-state index in [9.17, 15) is 4.79 Å². The molecule has 1 aromatic carbocycles. The number of hydrogen-bond acceptors (Lipinski definition) is 5. The molecule has 6 heteroatoms. The molecular weight excluding hydrogens is 306 g/mol. The maximum Gasteiger partial charge on any atom is 0.336 e. The number of ether oxygens (including phenoxy) is 1. The number of methoxy groups -OCH3 is 1. The van der Waals surface area contributed by atoms with Crippen LogP contribution in [-0.2, 0) is 0 Å². The molecule has 0 saturated heterocycles. The van der Waals surface area contributed by atoms with Gasteiger partial charge in [0, 0.05) is 10.8 Å². The molecule has 0 aliphatic heterocycles. The zero-order valence-corrected chi connectivity index (χ0v) is 12.7. The van der Waals surface area contributed by atoms with Gasteiger partial charge in [0.1, 0.15) is 10.8 Å². The molecule has 0 bridgehead atoms. The van der Waals surface area contributed by atoms with Crippen LogP contribution in [0.5, 0.6) is 5.75 Å². The first kappa shape index (κ1) is 13.8. The number of thiophene rings is 1. The van der Waals surface area contributed by atoms with Crippen LogP contribution >= 0.6 is 22.7 Å². The third kappa shape index (κ3) is 2.68. The summed E-state index contributed by atoms with van der Waals surface area (Å²) in [5, 5.41) is 13.4. The molecular formula is C15H11NO3S2. The Hall–Kier alpha value is -2.18. The van der Waals surface area contributed by atoms with Crippen molar-refractivity contribution in [2.24, 2.45) is 0 Å². The standard InChI is InChI=1S/C15H11NO3S2/c1-19-12-5-3-2-4-10(12)14-16-11(8-21-14)13-6-9(7-20-13)15(17)18/h2-8H,1H3,(H,17,18). The number of carboxylic acid groups (broad SMARTS) is 1. The highest BCUT2D eigenvalue weighted by Gasteiger charge is 2.13. The maximum absolute atomic E-state index is 10.9. The molecule has 3 aromatic rings. The van der Waals surface area contributed by atoms with E-state index in [1.807, 2.05) is 29.6 Å². The third-order valence-corrected chi connectivity index (χ3v) is 4.77. The number of aromatic nitrogens is 1. The Morgan fingerprint density at radius 1 is 1.24 bits per heavy atom. The predicted molar refractivity (Wildman–Crippen MR) is 84.4 cm³/mol. The van der Waals surface area contributed by atoms with Crippen LogP contribution in [0.1, 0.15) is 10.4 Å². The van der Waals surface area contributed by atoms with Crippen molar-refractivity contribution in [2.45, 2.75) is 0 Å². The molecule has 0 aliphatic rings. The summed E-state index contributed by atoms with van der Waals surface area (Å²) in [5.41, 5.74) is 2.02. The summed E-state index contributed by atoms with van der Waals surface area (Å²) in [6, 6.07) is 9.35. The van der Waals surface area contributed by atoms with E-state index in [0.29, 0.717) is 5.56 Å². The van der Waals surface area contributed by atoms with Crippen molar-refractivity contribution in [3.63, 3.8) is 0 Å². The molecule has 0 spiro atoms. The van der Waals surface area contributed by atoms with Crippen LogP contribution < -0.4 is 4.74 Å². The Labute approximate surface area is 129 Å². The first-order valence-electron chi connectivity index (χ1n) is 6.10. The highest BCUT2D eigenvalue weighted by atomic mass is 32.1. The van der Waals surface area contributed by atoms with Crippen LogP contribution in [0, 0.1) is 0 Å². The fraction of sp³-hybridized carbons (Fsp3) is 0.0667. The summed E-state index contributed by atoms with van der Waals surface area (Å²) in [5.74, 6) is -0.145. The van der Waals surface area contributed by atoms with Crippen molar-refractivity contribution >= 4 is 28.6 Å². The molecule has 0 unspecified atom stereocenters. The van der Waals surface area contributed by atoms with Gasteiger partial charge in [0.2, 0.25) is 0 Å². The van der Waals surface area contributed by atoms with E-state index in [1.54, 1.807) is 18.6 Å². The lowest BCUT2D eigenvalue weighted by Gasteiger charge is -2.04. The molecule has 0 aliphatic carbocycles. The van der Waals surface area contributed by atoms with Crippen molar-refractivity contribution < 1.29 is 14.6 Å². The van der Waals surface area contributed by atoms with Gasteiger partial charge >= 0.3 is 5.97 Å². The Bertz CT molecular complexity index is 792. The summed E-state index contributed by atoms with van der Waals surface area (Å²) >= 11 is 2.89. The predicted octanol–water partition coefficient (Wildman–Crippen LogP) is 4.25. The summed E-state index contributed by atoms with van der Waals surface area (Å²) in [7, 11) is 1.63. The van der Waals surface area contributed by atoms with E-state index in [-0.39, 0.29) is 0 Å². The molecule has 3 rings (SSSR count). The second-order valence-corrected chi connectivity index (χ2v) is 6.01. The zero-order valence-electron chi connectivity index (χ0n) is 11.1. The topological polar surface area (TPSA) is 59.4 Å². The van der Waals surface area contributed by atoms with Gasteiger partial charge in [0.25, 0.3) is 0 Å². The van der Waals surface area contributed by atoms with E-state index >= 15 is 0 Å². The largest absolute Gasteiger partial charge is 0.496 e. The number of nitrogens with zero attached hydrogens (tertiary/aromatic N) is 1. The minimum absolute atomic E-state index is 0.293. The van der Waals surface area contributed by atoms with Gasteiger partial charge < -0.3 is 9.84 Å². The summed E-state index contributed by atoms with van der Waals surface area (Å²) in [4.78, 5) is 16.4. The maximum atomic E-state index is 10.9. The fourth-order valence-electron chi connectivity index (χ4n) is 1.91. The number of carboxylic acids is 1. The Kier molecular flexibility index (Phi) is 3.72. The van der Waals surface area contributed by atoms with Gasteiger partial charge in [-0.1, -0.05) is 12.1 Å². The van der Waals surface area contributed by atoms with Crippen LogP contribution in [0.25, 0.3) is 21.1 Å². The van der Waals surface area contributed by atoms with E-state index in [4.69, 9.17) is 9.84 Å². The summed E-state index contributed by atoms with van der Waals surface area (Å²) in [6.07, 6.45) is 0. The molecule has 106 valence electrons. The molecule has 1 N–H and O–H groups in total. The molecule has 0 radical (unpaired) electrons. The first-order chi connectivity index (χ1) is 10.2. The van der Waals surface area contributed by atoms with Crippen molar-refractivity contribution in [1.29, 1.82) is 0 Å². The number of hydrogen-bond donors (Lipinski definition) is 1. The smallest absolute Gasteiger partial charge is 0.336 e. The van der Waals surface area contributed by atoms with Crippen LogP contribution in [-0.4, -0.2) is 23.2 Å². The average Bonchev–Trinajstić information content (AvgIpc) is 3.16. The van der Waals surface area contributed by atoms with E-state index in [0.717, 1.165) is 26.9 Å². The monoisotopic (exact) mass is 317 g/mol.